The highest BCUT2D eigenvalue weighted by Crippen LogP contribution is 2.43. The highest BCUT2D eigenvalue weighted by molar-refractivity contribution is 5.95. The second-order valence-corrected chi connectivity index (χ2v) is 13.2. The Morgan fingerprint density at radius 2 is 1.80 bits per heavy atom. The number of halogens is 3. The number of likely N-dealkylation sites (tertiary alicyclic amines) is 2. The third-order valence-corrected chi connectivity index (χ3v) is 8.35. The van der Waals surface area contributed by atoms with E-state index in [1.807, 2.05) is 46.9 Å². The Hall–Kier alpha value is -3.93. The number of amides is 2. The number of carbonyl (C=O) groups is 2. The van der Waals surface area contributed by atoms with Crippen LogP contribution in [0.4, 0.5) is 18.0 Å². The molecule has 0 saturated carbocycles. The number of alkyl carbamates (subject to hydrolysis) is 1. The average molecular weight is 613 g/mol. The van der Waals surface area contributed by atoms with Crippen molar-refractivity contribution in [1.29, 1.82) is 0 Å². The molecule has 1 N–H and O–H groups in total. The maximum Gasteiger partial charge on any atom is 0.407 e. The van der Waals surface area contributed by atoms with Crippen LogP contribution in [0.3, 0.4) is 0 Å². The number of nitrogens with zero attached hydrogens (tertiary/aromatic N) is 5. The Morgan fingerprint density at radius 1 is 1.07 bits per heavy atom. The SMILES string of the molecule is CC(C)(C)OC(=O)NC1CCCN(Cc2cn(-c3cccc(C(=O)N4CCC(c5cc(F)c(F)c(F)c5)C4(C)C)c3)nn2)C1. The summed E-state index contributed by atoms with van der Waals surface area (Å²) in [5, 5.41) is 11.6. The van der Waals surface area contributed by atoms with Crippen molar-refractivity contribution in [3.8, 4) is 5.69 Å². The molecule has 44 heavy (non-hydrogen) atoms. The van der Waals surface area contributed by atoms with Crippen molar-refractivity contribution in [2.75, 3.05) is 19.6 Å². The van der Waals surface area contributed by atoms with E-state index in [9.17, 15) is 22.8 Å². The highest BCUT2D eigenvalue weighted by atomic mass is 19.2. The number of carbonyl (C=O) groups excluding carboxylic acids is 2. The fourth-order valence-corrected chi connectivity index (χ4v) is 6.26. The van der Waals surface area contributed by atoms with Crippen LogP contribution >= 0.6 is 0 Å². The van der Waals surface area contributed by atoms with Crippen LogP contribution < -0.4 is 5.32 Å². The first-order valence-corrected chi connectivity index (χ1v) is 14.9. The smallest absolute Gasteiger partial charge is 0.407 e. The fourth-order valence-electron chi connectivity index (χ4n) is 6.26. The van der Waals surface area contributed by atoms with Crippen molar-refractivity contribution >= 4 is 12.0 Å². The molecule has 12 heteroatoms. The van der Waals surface area contributed by atoms with Gasteiger partial charge in [-0.05, 0) is 96.3 Å². The lowest BCUT2D eigenvalue weighted by Crippen LogP contribution is -2.48. The lowest BCUT2D eigenvalue weighted by atomic mass is 9.82. The number of aromatic nitrogens is 3. The molecule has 3 aromatic rings. The molecular weight excluding hydrogens is 573 g/mol. The van der Waals surface area contributed by atoms with Crippen molar-refractivity contribution < 1.29 is 27.5 Å². The van der Waals surface area contributed by atoms with Crippen molar-refractivity contribution in [3.63, 3.8) is 0 Å². The molecule has 0 spiro atoms. The van der Waals surface area contributed by atoms with Gasteiger partial charge in [0.25, 0.3) is 5.91 Å². The number of rotatable bonds is 6. The average Bonchev–Trinajstić information content (AvgIpc) is 3.53. The van der Waals surface area contributed by atoms with Crippen molar-refractivity contribution in [2.24, 2.45) is 0 Å². The van der Waals surface area contributed by atoms with Crippen molar-refractivity contribution in [3.05, 3.63) is 76.9 Å². The van der Waals surface area contributed by atoms with Crippen molar-refractivity contribution in [2.45, 2.75) is 83.5 Å². The van der Waals surface area contributed by atoms with E-state index in [4.69, 9.17) is 4.74 Å². The van der Waals surface area contributed by atoms with E-state index in [0.29, 0.717) is 42.9 Å². The summed E-state index contributed by atoms with van der Waals surface area (Å²) < 4.78 is 48.6. The molecule has 2 aliphatic rings. The summed E-state index contributed by atoms with van der Waals surface area (Å²) >= 11 is 0. The van der Waals surface area contributed by atoms with Gasteiger partial charge in [-0.1, -0.05) is 11.3 Å². The molecule has 9 nitrogen and oxygen atoms in total. The molecule has 0 radical (unpaired) electrons. The molecule has 3 heterocycles. The van der Waals surface area contributed by atoms with Gasteiger partial charge < -0.3 is 15.0 Å². The topological polar surface area (TPSA) is 92.6 Å². The second-order valence-electron chi connectivity index (χ2n) is 13.2. The van der Waals surface area contributed by atoms with Gasteiger partial charge in [0, 0.05) is 42.7 Å². The molecule has 0 bridgehead atoms. The summed E-state index contributed by atoms with van der Waals surface area (Å²) in [5.74, 6) is -4.57. The molecule has 2 unspecified atom stereocenters. The minimum Gasteiger partial charge on any atom is -0.444 e. The molecule has 2 aliphatic heterocycles. The van der Waals surface area contributed by atoms with Gasteiger partial charge in [-0.3, -0.25) is 9.69 Å². The predicted octanol–water partition coefficient (Wildman–Crippen LogP) is 5.58. The first-order chi connectivity index (χ1) is 20.7. The molecule has 2 atom stereocenters. The van der Waals surface area contributed by atoms with Gasteiger partial charge in [-0.25, -0.2) is 22.6 Å². The lowest BCUT2D eigenvalue weighted by molar-refractivity contribution is 0.0469. The van der Waals surface area contributed by atoms with Gasteiger partial charge >= 0.3 is 6.09 Å². The third kappa shape index (κ3) is 6.90. The molecule has 2 fully saturated rings. The van der Waals surface area contributed by atoms with Crippen LogP contribution in [0.25, 0.3) is 5.69 Å². The minimum atomic E-state index is -1.50. The van der Waals surface area contributed by atoms with E-state index in [2.05, 4.69) is 20.5 Å². The van der Waals surface area contributed by atoms with E-state index in [1.165, 1.54) is 0 Å². The summed E-state index contributed by atoms with van der Waals surface area (Å²) in [6.45, 7) is 11.7. The number of ether oxygens (including phenoxy) is 1. The van der Waals surface area contributed by atoms with Crippen LogP contribution in [-0.4, -0.2) is 73.6 Å². The number of hydrogen-bond donors (Lipinski definition) is 1. The Kier molecular flexibility index (Phi) is 8.75. The lowest BCUT2D eigenvalue weighted by Gasteiger charge is -2.36. The van der Waals surface area contributed by atoms with Gasteiger partial charge in [0.1, 0.15) is 5.60 Å². The Balaban J connectivity index is 1.24. The second kappa shape index (κ2) is 12.2. The van der Waals surface area contributed by atoms with E-state index >= 15 is 0 Å². The first-order valence-electron chi connectivity index (χ1n) is 14.9. The number of piperidine rings is 1. The number of nitrogens with one attached hydrogen (secondary N) is 1. The zero-order chi connectivity index (χ0) is 31.8. The normalized spacial score (nSPS) is 20.5. The van der Waals surface area contributed by atoms with Crippen LogP contribution in [0.5, 0.6) is 0 Å². The van der Waals surface area contributed by atoms with Crippen LogP contribution in [0.2, 0.25) is 0 Å². The minimum absolute atomic E-state index is 0.0214. The van der Waals surface area contributed by atoms with E-state index in [-0.39, 0.29) is 17.9 Å². The van der Waals surface area contributed by atoms with Crippen molar-refractivity contribution in [1.82, 2.24) is 30.1 Å². The summed E-state index contributed by atoms with van der Waals surface area (Å²) in [4.78, 5) is 29.8. The molecule has 5 rings (SSSR count). The third-order valence-electron chi connectivity index (χ3n) is 8.35. The van der Waals surface area contributed by atoms with Gasteiger partial charge in [0.2, 0.25) is 0 Å². The summed E-state index contributed by atoms with van der Waals surface area (Å²) in [6, 6.07) is 9.07. The van der Waals surface area contributed by atoms with Gasteiger partial charge in [-0.15, -0.1) is 5.10 Å². The van der Waals surface area contributed by atoms with Gasteiger partial charge in [-0.2, -0.15) is 0 Å². The molecule has 236 valence electrons. The summed E-state index contributed by atoms with van der Waals surface area (Å²) in [5.41, 5.74) is 0.852. The quantitative estimate of drug-likeness (QED) is 0.366. The zero-order valence-corrected chi connectivity index (χ0v) is 25.7. The predicted molar refractivity (Wildman–Crippen MR) is 158 cm³/mol. The molecule has 2 amide bonds. The largest absolute Gasteiger partial charge is 0.444 e. The number of hydrogen-bond acceptors (Lipinski definition) is 6. The van der Waals surface area contributed by atoms with Crippen LogP contribution in [0, 0.1) is 17.5 Å². The van der Waals surface area contributed by atoms with Gasteiger partial charge in [0.15, 0.2) is 17.5 Å². The highest BCUT2D eigenvalue weighted by Gasteiger charge is 2.45. The fraction of sp³-hybridized carbons (Fsp3) is 0.500. The number of benzene rings is 2. The zero-order valence-electron chi connectivity index (χ0n) is 25.7. The van der Waals surface area contributed by atoms with Crippen LogP contribution in [0.15, 0.2) is 42.6 Å². The monoisotopic (exact) mass is 612 g/mol. The maximum atomic E-state index is 14.0. The Bertz CT molecular complexity index is 1510. The molecule has 0 aliphatic carbocycles. The van der Waals surface area contributed by atoms with Crippen LogP contribution in [0.1, 0.15) is 81.4 Å². The Morgan fingerprint density at radius 3 is 2.50 bits per heavy atom. The van der Waals surface area contributed by atoms with E-state index in [1.54, 1.807) is 27.8 Å². The van der Waals surface area contributed by atoms with Crippen LogP contribution in [-0.2, 0) is 11.3 Å². The first kappa shape index (κ1) is 31.5. The molecule has 2 aromatic carbocycles. The Labute approximate surface area is 255 Å². The molecule has 2 saturated heterocycles. The van der Waals surface area contributed by atoms with E-state index < -0.39 is 34.7 Å². The van der Waals surface area contributed by atoms with Gasteiger partial charge in [0.05, 0.1) is 17.6 Å². The molecular formula is C32H39F3N6O3. The summed E-state index contributed by atoms with van der Waals surface area (Å²) in [6.07, 6.45) is 3.69. The summed E-state index contributed by atoms with van der Waals surface area (Å²) in [7, 11) is 0. The molecule has 1 aromatic heterocycles. The maximum absolute atomic E-state index is 14.0. The van der Waals surface area contributed by atoms with E-state index in [0.717, 1.165) is 37.2 Å². The standard InChI is InChI=1S/C32H39F3N6O3/c1-31(2,3)44-30(43)36-22-9-7-12-39(17-22)18-23-19-41(38-37-23)24-10-6-8-20(14-24)29(42)40-13-11-25(32(40,4)5)21-15-26(33)28(35)27(34)16-21/h6,8,10,14-16,19,22,25H,7,9,11-13,17-18H2,1-5H3,(H,36,43).